The Hall–Kier alpha value is -7.88. The molecule has 0 unspecified atom stereocenters. The number of hydrogen-bond acceptors (Lipinski definition) is 2. The predicted octanol–water partition coefficient (Wildman–Crippen LogP) is 15.8. The van der Waals surface area contributed by atoms with Gasteiger partial charge in [0.1, 0.15) is 11.2 Å². The quantitative estimate of drug-likeness (QED) is 0.158. The average Bonchev–Trinajstić information content (AvgIpc) is 3.87. The second-order valence-corrected chi connectivity index (χ2v) is 15.3. The van der Waals surface area contributed by atoms with E-state index in [9.17, 15) is 0 Å². The van der Waals surface area contributed by atoms with E-state index < -0.39 is 0 Å². The molecule has 3 nitrogen and oxygen atoms in total. The first-order valence-corrected chi connectivity index (χ1v) is 20.2. The van der Waals surface area contributed by atoms with Gasteiger partial charge < -0.3 is 13.9 Å². The normalized spacial score (nSPS) is 11.7. The van der Waals surface area contributed by atoms with Crippen LogP contribution in [-0.2, 0) is 0 Å². The van der Waals surface area contributed by atoms with E-state index in [2.05, 4.69) is 228 Å². The van der Waals surface area contributed by atoms with Crippen LogP contribution in [0.4, 0.5) is 17.1 Å². The molecule has 0 bridgehead atoms. The predicted molar refractivity (Wildman–Crippen MR) is 249 cm³/mol. The number of anilines is 3. The summed E-state index contributed by atoms with van der Waals surface area (Å²) in [5.74, 6) is 0. The lowest BCUT2D eigenvalue weighted by molar-refractivity contribution is 0.670. The van der Waals surface area contributed by atoms with Crippen LogP contribution in [0.15, 0.2) is 223 Å². The fourth-order valence-electron chi connectivity index (χ4n) is 9.30. The Bertz CT molecular complexity index is 3540. The van der Waals surface area contributed by atoms with Crippen molar-refractivity contribution in [2.75, 3.05) is 4.90 Å². The lowest BCUT2D eigenvalue weighted by Crippen LogP contribution is -2.10. The number of fused-ring (bicyclic) bond motifs is 9. The fourth-order valence-corrected chi connectivity index (χ4v) is 9.30. The van der Waals surface area contributed by atoms with Gasteiger partial charge in [0.05, 0.1) is 22.1 Å². The zero-order valence-corrected chi connectivity index (χ0v) is 32.1. The van der Waals surface area contributed by atoms with Crippen molar-refractivity contribution < 1.29 is 4.42 Å². The minimum absolute atomic E-state index is 0.870. The van der Waals surface area contributed by atoms with Gasteiger partial charge in [-0.1, -0.05) is 152 Å². The molecule has 10 aromatic carbocycles. The summed E-state index contributed by atoms with van der Waals surface area (Å²) < 4.78 is 9.17. The largest absolute Gasteiger partial charge is 0.455 e. The van der Waals surface area contributed by atoms with Crippen LogP contribution in [0.25, 0.3) is 93.2 Å². The van der Waals surface area contributed by atoms with Crippen LogP contribution in [0.1, 0.15) is 0 Å². The standard InChI is InChI=1S/C56H36N2O/c1-3-14-37(15-4-1)46-34-35-52(55-48-21-10-12-25-53(48)59-56(46)55)57(43-33-30-40-27-26-38-16-7-8-19-44(38)49(40)36-43)42-31-28-39(29-32-42)45-22-13-24-51-54(45)47-20-9-11-23-50(47)58(51)41-17-5-2-6-18-41/h1-36H. The van der Waals surface area contributed by atoms with Gasteiger partial charge in [-0.2, -0.15) is 0 Å². The number of furan rings is 1. The van der Waals surface area contributed by atoms with Crippen LogP contribution in [0.5, 0.6) is 0 Å². The van der Waals surface area contributed by atoms with E-state index in [0.717, 1.165) is 61.4 Å². The van der Waals surface area contributed by atoms with Gasteiger partial charge in [0, 0.05) is 38.8 Å². The average molecular weight is 753 g/mol. The van der Waals surface area contributed by atoms with E-state index in [-0.39, 0.29) is 0 Å². The fraction of sp³-hybridized carbons (Fsp3) is 0. The van der Waals surface area contributed by atoms with Gasteiger partial charge in [0.15, 0.2) is 0 Å². The molecule has 0 aliphatic rings. The summed E-state index contributed by atoms with van der Waals surface area (Å²) in [6.07, 6.45) is 0. The van der Waals surface area contributed by atoms with Gasteiger partial charge in [-0.3, -0.25) is 0 Å². The lowest BCUT2D eigenvalue weighted by atomic mass is 9.97. The maximum absolute atomic E-state index is 6.79. The van der Waals surface area contributed by atoms with E-state index in [1.807, 2.05) is 0 Å². The first kappa shape index (κ1) is 33.3. The van der Waals surface area contributed by atoms with Gasteiger partial charge >= 0.3 is 0 Å². The van der Waals surface area contributed by atoms with Crippen molar-refractivity contribution in [2.45, 2.75) is 0 Å². The summed E-state index contributed by atoms with van der Waals surface area (Å²) in [5, 5.41) is 9.56. The molecule has 2 aromatic heterocycles. The van der Waals surface area contributed by atoms with Gasteiger partial charge in [-0.05, 0) is 105 Å². The summed E-state index contributed by atoms with van der Waals surface area (Å²) >= 11 is 0. The molecular formula is C56H36N2O. The Morgan fingerprint density at radius 3 is 1.83 bits per heavy atom. The number of nitrogens with zero attached hydrogens (tertiary/aromatic N) is 2. The summed E-state index contributed by atoms with van der Waals surface area (Å²) in [6, 6.07) is 78.6. The summed E-state index contributed by atoms with van der Waals surface area (Å²) in [5.41, 5.74) is 13.1. The molecule has 276 valence electrons. The first-order valence-electron chi connectivity index (χ1n) is 20.2. The molecule has 0 saturated heterocycles. The molecule has 0 N–H and O–H groups in total. The summed E-state index contributed by atoms with van der Waals surface area (Å²) in [4.78, 5) is 2.41. The Balaban J connectivity index is 1.09. The molecule has 3 heteroatoms. The molecule has 0 amide bonds. The van der Waals surface area contributed by atoms with E-state index in [0.29, 0.717) is 0 Å². The Morgan fingerprint density at radius 1 is 0.373 bits per heavy atom. The molecule has 0 atom stereocenters. The Labute approximate surface area is 341 Å². The highest BCUT2D eigenvalue weighted by Gasteiger charge is 2.23. The van der Waals surface area contributed by atoms with Gasteiger partial charge in [-0.25, -0.2) is 0 Å². The van der Waals surface area contributed by atoms with E-state index in [1.54, 1.807) is 0 Å². The van der Waals surface area contributed by atoms with Crippen molar-refractivity contribution in [3.63, 3.8) is 0 Å². The number of hydrogen-bond donors (Lipinski definition) is 0. The third-order valence-corrected chi connectivity index (χ3v) is 12.0. The molecule has 0 aliphatic heterocycles. The zero-order chi connectivity index (χ0) is 38.9. The minimum atomic E-state index is 0.870. The Morgan fingerprint density at radius 2 is 1.00 bits per heavy atom. The highest BCUT2D eigenvalue weighted by Crippen LogP contribution is 2.47. The number of benzene rings is 10. The number of rotatable bonds is 6. The van der Waals surface area contributed by atoms with Crippen molar-refractivity contribution in [1.29, 1.82) is 0 Å². The molecule has 0 saturated carbocycles. The van der Waals surface area contributed by atoms with Crippen LogP contribution in [0.2, 0.25) is 0 Å². The monoisotopic (exact) mass is 752 g/mol. The summed E-state index contributed by atoms with van der Waals surface area (Å²) in [7, 11) is 0. The molecule has 0 fully saturated rings. The van der Waals surface area contributed by atoms with Crippen LogP contribution >= 0.6 is 0 Å². The summed E-state index contributed by atoms with van der Waals surface area (Å²) in [6.45, 7) is 0. The highest BCUT2D eigenvalue weighted by molar-refractivity contribution is 6.18. The van der Waals surface area contributed by atoms with Gasteiger partial charge in [0.2, 0.25) is 0 Å². The second-order valence-electron chi connectivity index (χ2n) is 15.3. The third-order valence-electron chi connectivity index (χ3n) is 12.0. The molecule has 0 spiro atoms. The first-order chi connectivity index (χ1) is 29.3. The topological polar surface area (TPSA) is 21.3 Å². The third kappa shape index (κ3) is 5.29. The molecule has 12 rings (SSSR count). The van der Waals surface area contributed by atoms with Crippen LogP contribution in [0.3, 0.4) is 0 Å². The van der Waals surface area contributed by atoms with E-state index in [4.69, 9.17) is 4.42 Å². The van der Waals surface area contributed by atoms with Crippen molar-refractivity contribution in [3.05, 3.63) is 218 Å². The smallest absolute Gasteiger partial charge is 0.145 e. The molecular weight excluding hydrogens is 717 g/mol. The van der Waals surface area contributed by atoms with Gasteiger partial charge in [0.25, 0.3) is 0 Å². The molecule has 0 aliphatic carbocycles. The molecule has 2 heterocycles. The Kier molecular flexibility index (Phi) is 7.54. The molecule has 59 heavy (non-hydrogen) atoms. The maximum Gasteiger partial charge on any atom is 0.145 e. The van der Waals surface area contributed by atoms with E-state index >= 15 is 0 Å². The van der Waals surface area contributed by atoms with Gasteiger partial charge in [-0.15, -0.1) is 0 Å². The second kappa shape index (κ2) is 13.4. The van der Waals surface area contributed by atoms with Crippen LogP contribution in [0, 0.1) is 0 Å². The molecule has 12 aromatic rings. The zero-order valence-electron chi connectivity index (χ0n) is 32.1. The SMILES string of the molecule is c1ccc(-c2ccc(N(c3ccc(-c4cccc5c4c4ccccc4n5-c4ccccc4)cc3)c3ccc4ccc5ccccc5c4c3)c3c2oc2ccccc23)cc1. The van der Waals surface area contributed by atoms with Crippen molar-refractivity contribution in [1.82, 2.24) is 4.57 Å². The highest BCUT2D eigenvalue weighted by atomic mass is 16.3. The number of para-hydroxylation sites is 3. The molecule has 0 radical (unpaired) electrons. The minimum Gasteiger partial charge on any atom is -0.455 e. The van der Waals surface area contributed by atoms with Crippen molar-refractivity contribution >= 4 is 82.4 Å². The van der Waals surface area contributed by atoms with Crippen LogP contribution in [-0.4, -0.2) is 4.57 Å². The van der Waals surface area contributed by atoms with Crippen LogP contribution < -0.4 is 4.90 Å². The van der Waals surface area contributed by atoms with Crippen molar-refractivity contribution in [3.8, 4) is 27.9 Å². The van der Waals surface area contributed by atoms with Crippen molar-refractivity contribution in [2.24, 2.45) is 0 Å². The maximum atomic E-state index is 6.79. The lowest BCUT2D eigenvalue weighted by Gasteiger charge is -2.27. The van der Waals surface area contributed by atoms with E-state index in [1.165, 1.54) is 48.9 Å². The number of aromatic nitrogens is 1.